The summed E-state index contributed by atoms with van der Waals surface area (Å²) in [5, 5.41) is 2.71. The van der Waals surface area contributed by atoms with E-state index in [2.05, 4.69) is 4.98 Å². The molecule has 0 N–H and O–H groups in total. The van der Waals surface area contributed by atoms with Gasteiger partial charge in [-0.05, 0) is 13.3 Å². The van der Waals surface area contributed by atoms with E-state index < -0.39 is 9.84 Å². The topological polar surface area (TPSA) is 64.1 Å². The average Bonchev–Trinajstić information content (AvgIpc) is 2.48. The van der Waals surface area contributed by atoms with Gasteiger partial charge in [0, 0.05) is 23.8 Å². The number of Topliss-reactive ketones (excluding diaryl/α,β-unsaturated/α-hetero) is 1. The van der Waals surface area contributed by atoms with E-state index in [4.69, 9.17) is 0 Å². The first kappa shape index (κ1) is 13.3. The molecule has 0 aliphatic rings. The fourth-order valence-electron chi connectivity index (χ4n) is 1.27. The van der Waals surface area contributed by atoms with Gasteiger partial charge in [-0.2, -0.15) is 0 Å². The van der Waals surface area contributed by atoms with E-state index >= 15 is 0 Å². The van der Waals surface area contributed by atoms with Crippen LogP contribution in [-0.4, -0.2) is 31.2 Å². The van der Waals surface area contributed by atoms with Gasteiger partial charge in [-0.3, -0.25) is 4.79 Å². The number of hydrogen-bond donors (Lipinski definition) is 0. The lowest BCUT2D eigenvalue weighted by molar-refractivity contribution is -0.118. The second-order valence-electron chi connectivity index (χ2n) is 3.83. The number of thiazole rings is 1. The Morgan fingerprint density at radius 2 is 2.19 bits per heavy atom. The molecule has 0 aromatic carbocycles. The van der Waals surface area contributed by atoms with Crippen LogP contribution in [0.3, 0.4) is 0 Å². The lowest BCUT2D eigenvalue weighted by Gasteiger charge is -1.98. The van der Waals surface area contributed by atoms with Crippen molar-refractivity contribution in [1.29, 1.82) is 0 Å². The zero-order valence-electron chi connectivity index (χ0n) is 9.39. The maximum atomic E-state index is 11.5. The van der Waals surface area contributed by atoms with E-state index in [0.717, 1.165) is 10.7 Å². The van der Waals surface area contributed by atoms with Crippen molar-refractivity contribution in [1.82, 2.24) is 4.98 Å². The van der Waals surface area contributed by atoms with Crippen LogP contribution in [0.25, 0.3) is 0 Å². The fourth-order valence-corrected chi connectivity index (χ4v) is 2.74. The smallest absolute Gasteiger partial charge is 0.147 e. The van der Waals surface area contributed by atoms with Gasteiger partial charge in [0.25, 0.3) is 0 Å². The number of aryl methyl sites for hydroxylation is 1. The molecule has 0 aliphatic carbocycles. The molecule has 0 amide bonds. The highest BCUT2D eigenvalue weighted by Crippen LogP contribution is 2.10. The van der Waals surface area contributed by atoms with Gasteiger partial charge in [-0.25, -0.2) is 13.4 Å². The van der Waals surface area contributed by atoms with Crippen LogP contribution < -0.4 is 0 Å². The van der Waals surface area contributed by atoms with Gasteiger partial charge >= 0.3 is 0 Å². The lowest BCUT2D eigenvalue weighted by atomic mass is 10.2. The molecule has 0 unspecified atom stereocenters. The summed E-state index contributed by atoms with van der Waals surface area (Å²) < 4.78 is 21.7. The van der Waals surface area contributed by atoms with Crippen molar-refractivity contribution in [3.63, 3.8) is 0 Å². The lowest BCUT2D eigenvalue weighted by Crippen LogP contribution is -2.08. The molecular formula is C10H15NO3S2. The molecule has 90 valence electrons. The van der Waals surface area contributed by atoms with Crippen LogP contribution in [0.5, 0.6) is 0 Å². The van der Waals surface area contributed by atoms with E-state index in [1.165, 1.54) is 17.6 Å². The molecule has 0 aliphatic heterocycles. The number of aromatic nitrogens is 1. The van der Waals surface area contributed by atoms with Gasteiger partial charge < -0.3 is 0 Å². The quantitative estimate of drug-likeness (QED) is 0.776. The average molecular weight is 261 g/mol. The molecule has 0 saturated carbocycles. The normalized spacial score (nSPS) is 11.6. The maximum Gasteiger partial charge on any atom is 0.147 e. The summed E-state index contributed by atoms with van der Waals surface area (Å²) in [6, 6.07) is 0. The molecule has 1 heterocycles. The van der Waals surface area contributed by atoms with E-state index in [1.807, 2.05) is 12.3 Å². The van der Waals surface area contributed by atoms with Gasteiger partial charge in [-0.15, -0.1) is 11.3 Å². The minimum Gasteiger partial charge on any atom is -0.299 e. The SMILES string of the molecule is Cc1csc(CC(=O)CCCS(C)(=O)=O)n1. The molecule has 0 bridgehead atoms. The second-order valence-corrected chi connectivity index (χ2v) is 7.03. The van der Waals surface area contributed by atoms with Crippen LogP contribution in [0.2, 0.25) is 0 Å². The summed E-state index contributed by atoms with van der Waals surface area (Å²) in [4.78, 5) is 15.7. The zero-order valence-corrected chi connectivity index (χ0v) is 11.0. The Bertz CT molecular complexity index is 462. The number of carbonyl (C=O) groups excluding carboxylic acids is 1. The van der Waals surface area contributed by atoms with Gasteiger partial charge in [0.2, 0.25) is 0 Å². The Labute approximate surface area is 99.6 Å². The molecule has 4 nitrogen and oxygen atoms in total. The molecular weight excluding hydrogens is 246 g/mol. The molecule has 6 heteroatoms. The third-order valence-electron chi connectivity index (χ3n) is 1.99. The number of nitrogens with zero attached hydrogens (tertiary/aromatic N) is 1. The van der Waals surface area contributed by atoms with Crippen LogP contribution in [-0.2, 0) is 21.1 Å². The largest absolute Gasteiger partial charge is 0.299 e. The van der Waals surface area contributed by atoms with Crippen molar-refractivity contribution < 1.29 is 13.2 Å². The summed E-state index contributed by atoms with van der Waals surface area (Å²) in [6.07, 6.45) is 2.22. The monoisotopic (exact) mass is 261 g/mol. The molecule has 0 atom stereocenters. The van der Waals surface area contributed by atoms with Crippen LogP contribution >= 0.6 is 11.3 Å². The third kappa shape index (κ3) is 5.37. The van der Waals surface area contributed by atoms with E-state index in [9.17, 15) is 13.2 Å². The van der Waals surface area contributed by atoms with Gasteiger partial charge in [-0.1, -0.05) is 0 Å². The molecule has 1 aromatic heterocycles. The van der Waals surface area contributed by atoms with E-state index in [-0.39, 0.29) is 11.5 Å². The van der Waals surface area contributed by atoms with Gasteiger partial charge in [0.15, 0.2) is 0 Å². The van der Waals surface area contributed by atoms with E-state index in [0.29, 0.717) is 19.3 Å². The molecule has 16 heavy (non-hydrogen) atoms. The minimum absolute atomic E-state index is 0.0537. The Balaban J connectivity index is 2.32. The summed E-state index contributed by atoms with van der Waals surface area (Å²) >= 11 is 1.47. The highest BCUT2D eigenvalue weighted by molar-refractivity contribution is 7.90. The van der Waals surface area contributed by atoms with Gasteiger partial charge in [0.1, 0.15) is 20.6 Å². The van der Waals surface area contributed by atoms with Crippen molar-refractivity contribution in [3.8, 4) is 0 Å². The number of hydrogen-bond acceptors (Lipinski definition) is 5. The Morgan fingerprint density at radius 3 is 2.69 bits per heavy atom. The summed E-state index contributed by atoms with van der Waals surface area (Å²) in [5.41, 5.74) is 0.920. The Kier molecular flexibility index (Phi) is 4.61. The Hall–Kier alpha value is -0.750. The third-order valence-corrected chi connectivity index (χ3v) is 3.98. The van der Waals surface area contributed by atoms with Crippen molar-refractivity contribution in [3.05, 3.63) is 16.1 Å². The predicted molar refractivity (Wildman–Crippen MR) is 64.5 cm³/mol. The van der Waals surface area contributed by atoms with Crippen LogP contribution in [0, 0.1) is 6.92 Å². The zero-order chi connectivity index (χ0) is 12.2. The second kappa shape index (κ2) is 5.54. The van der Waals surface area contributed by atoms with Crippen LogP contribution in [0.15, 0.2) is 5.38 Å². The van der Waals surface area contributed by atoms with Crippen molar-refractivity contribution >= 4 is 27.0 Å². The molecule has 0 radical (unpaired) electrons. The van der Waals surface area contributed by atoms with Crippen molar-refractivity contribution in [2.45, 2.75) is 26.2 Å². The van der Waals surface area contributed by atoms with Crippen molar-refractivity contribution in [2.75, 3.05) is 12.0 Å². The number of ketones is 1. The predicted octanol–water partition coefficient (Wildman–Crippen LogP) is 1.39. The minimum atomic E-state index is -2.95. The van der Waals surface area contributed by atoms with Crippen LogP contribution in [0.4, 0.5) is 0 Å². The number of sulfone groups is 1. The van der Waals surface area contributed by atoms with Crippen LogP contribution in [0.1, 0.15) is 23.5 Å². The standard InChI is InChI=1S/C10H15NO3S2/c1-8-7-15-10(11-8)6-9(12)4-3-5-16(2,13)14/h7H,3-6H2,1-2H3. The molecule has 0 spiro atoms. The number of rotatable bonds is 6. The van der Waals surface area contributed by atoms with Crippen molar-refractivity contribution in [2.24, 2.45) is 0 Å². The first-order valence-corrected chi connectivity index (χ1v) is 7.91. The highest BCUT2D eigenvalue weighted by Gasteiger charge is 2.09. The summed E-state index contributed by atoms with van der Waals surface area (Å²) in [6.45, 7) is 1.88. The summed E-state index contributed by atoms with van der Waals surface area (Å²) in [5.74, 6) is 0.133. The van der Waals surface area contributed by atoms with Gasteiger partial charge in [0.05, 0.1) is 12.2 Å². The maximum absolute atomic E-state index is 11.5. The fraction of sp³-hybridized carbons (Fsp3) is 0.600. The molecule has 0 fully saturated rings. The first-order chi connectivity index (χ1) is 7.37. The number of carbonyl (C=O) groups is 1. The first-order valence-electron chi connectivity index (χ1n) is 4.97. The highest BCUT2D eigenvalue weighted by atomic mass is 32.2. The van der Waals surface area contributed by atoms with E-state index in [1.54, 1.807) is 0 Å². The molecule has 1 rings (SSSR count). The molecule has 0 saturated heterocycles. The summed E-state index contributed by atoms with van der Waals surface area (Å²) in [7, 11) is -2.95. The molecule has 1 aromatic rings. The Morgan fingerprint density at radius 1 is 1.50 bits per heavy atom.